The molecule has 0 spiro atoms. The maximum atomic E-state index is 13.9. The number of rotatable bonds is 9. The van der Waals surface area contributed by atoms with Gasteiger partial charge in [0.25, 0.3) is 0 Å². The molecule has 0 aliphatic carbocycles. The lowest BCUT2D eigenvalue weighted by molar-refractivity contribution is -0.131. The number of morpholine rings is 1. The third-order valence-electron chi connectivity index (χ3n) is 6.01. The second-order valence-electron chi connectivity index (χ2n) is 9.16. The van der Waals surface area contributed by atoms with Gasteiger partial charge in [-0.2, -0.15) is 0 Å². The molecule has 1 fully saturated rings. The average Bonchev–Trinajstić information content (AvgIpc) is 2.87. The van der Waals surface area contributed by atoms with Crippen LogP contribution in [-0.4, -0.2) is 67.9 Å². The second-order valence-corrected chi connectivity index (χ2v) is 11.3. The fourth-order valence-corrected chi connectivity index (χ4v) is 5.93. The number of ether oxygens (including phenoxy) is 1. The zero-order valence-corrected chi connectivity index (χ0v) is 21.2. The van der Waals surface area contributed by atoms with E-state index in [1.54, 1.807) is 18.2 Å². The van der Waals surface area contributed by atoms with Crippen LogP contribution in [0.15, 0.2) is 65.6 Å². The quantitative estimate of drug-likeness (QED) is 0.566. The van der Waals surface area contributed by atoms with Gasteiger partial charge in [0.15, 0.2) is 9.84 Å². The Bertz CT molecular complexity index is 1070. The first-order valence-electron chi connectivity index (χ1n) is 12.0. The Hall–Kier alpha value is -2.75. The van der Waals surface area contributed by atoms with Gasteiger partial charge in [-0.25, -0.2) is 18.1 Å². The maximum absolute atomic E-state index is 13.9. The number of sulfone groups is 1. The van der Waals surface area contributed by atoms with Crippen molar-refractivity contribution in [1.29, 1.82) is 0 Å². The van der Waals surface area contributed by atoms with E-state index in [0.29, 0.717) is 26.1 Å². The summed E-state index contributed by atoms with van der Waals surface area (Å²) in [5.74, 6) is -0.574. The molecule has 3 rings (SSSR count). The summed E-state index contributed by atoms with van der Waals surface area (Å²) in [4.78, 5) is 29.8. The van der Waals surface area contributed by atoms with E-state index < -0.39 is 33.2 Å². The minimum absolute atomic E-state index is 0.0530. The molecule has 1 unspecified atom stereocenters. The van der Waals surface area contributed by atoms with Gasteiger partial charge in [-0.3, -0.25) is 4.79 Å². The van der Waals surface area contributed by atoms with Crippen LogP contribution < -0.4 is 5.73 Å². The van der Waals surface area contributed by atoms with Crippen molar-refractivity contribution in [2.45, 2.75) is 49.4 Å². The SMILES string of the molecule is CC(C)C[C@H](N)C(=O)N(C(=O)N1CCOCC1)C(CCc1ccccc1)S(=O)(=O)c1ccccc1. The van der Waals surface area contributed by atoms with E-state index in [2.05, 4.69) is 0 Å². The number of aryl methyl sites for hydroxylation is 1. The number of amides is 3. The van der Waals surface area contributed by atoms with Gasteiger partial charge >= 0.3 is 6.03 Å². The molecule has 0 radical (unpaired) electrons. The van der Waals surface area contributed by atoms with Gasteiger partial charge in [0.1, 0.15) is 5.37 Å². The van der Waals surface area contributed by atoms with Crippen molar-refractivity contribution in [3.8, 4) is 0 Å². The van der Waals surface area contributed by atoms with Crippen molar-refractivity contribution in [3.05, 3.63) is 66.2 Å². The molecule has 3 amide bonds. The Morgan fingerprint density at radius 3 is 2.14 bits per heavy atom. The lowest BCUT2D eigenvalue weighted by atomic mass is 10.0. The predicted octanol–water partition coefficient (Wildman–Crippen LogP) is 3.07. The molecule has 2 aromatic carbocycles. The van der Waals surface area contributed by atoms with Crippen LogP contribution in [0.25, 0.3) is 0 Å². The highest BCUT2D eigenvalue weighted by Gasteiger charge is 2.43. The topological polar surface area (TPSA) is 110 Å². The zero-order chi connectivity index (χ0) is 25.4. The van der Waals surface area contributed by atoms with Gasteiger partial charge in [0.05, 0.1) is 24.2 Å². The number of nitrogens with zero attached hydrogens (tertiary/aromatic N) is 2. The van der Waals surface area contributed by atoms with Gasteiger partial charge < -0.3 is 15.4 Å². The van der Waals surface area contributed by atoms with Crippen molar-refractivity contribution >= 4 is 21.8 Å². The first-order valence-corrected chi connectivity index (χ1v) is 13.5. The highest BCUT2D eigenvalue weighted by molar-refractivity contribution is 7.92. The third-order valence-corrected chi connectivity index (χ3v) is 8.10. The Labute approximate surface area is 208 Å². The van der Waals surface area contributed by atoms with Crippen molar-refractivity contribution in [2.75, 3.05) is 26.3 Å². The smallest absolute Gasteiger partial charge is 0.328 e. The highest BCUT2D eigenvalue weighted by Crippen LogP contribution is 2.26. The van der Waals surface area contributed by atoms with Gasteiger partial charge in [-0.15, -0.1) is 0 Å². The lowest BCUT2D eigenvalue weighted by Crippen LogP contribution is -2.59. The van der Waals surface area contributed by atoms with Crippen molar-refractivity contribution in [3.63, 3.8) is 0 Å². The second kappa shape index (κ2) is 12.3. The molecule has 0 bridgehead atoms. The summed E-state index contributed by atoms with van der Waals surface area (Å²) in [5.41, 5.74) is 7.15. The molecule has 1 saturated heterocycles. The Kier molecular flexibility index (Phi) is 9.42. The Morgan fingerprint density at radius 1 is 1.00 bits per heavy atom. The lowest BCUT2D eigenvalue weighted by Gasteiger charge is -2.37. The first kappa shape index (κ1) is 26.8. The van der Waals surface area contributed by atoms with Crippen LogP contribution in [0, 0.1) is 5.92 Å². The van der Waals surface area contributed by atoms with Crippen LogP contribution >= 0.6 is 0 Å². The van der Waals surface area contributed by atoms with Gasteiger partial charge in [-0.05, 0) is 42.9 Å². The molecule has 35 heavy (non-hydrogen) atoms. The van der Waals surface area contributed by atoms with E-state index in [4.69, 9.17) is 10.5 Å². The summed E-state index contributed by atoms with van der Waals surface area (Å²) >= 11 is 0. The molecule has 2 aromatic rings. The summed E-state index contributed by atoms with van der Waals surface area (Å²) in [6.45, 7) is 5.05. The number of hydrogen-bond donors (Lipinski definition) is 1. The van der Waals surface area contributed by atoms with Crippen LogP contribution in [0.2, 0.25) is 0 Å². The third kappa shape index (κ3) is 6.90. The molecule has 190 valence electrons. The molecular formula is C26H35N3O5S. The normalized spacial score (nSPS) is 16.1. The summed E-state index contributed by atoms with van der Waals surface area (Å²) in [6, 6.07) is 15.7. The number of urea groups is 1. The van der Waals surface area contributed by atoms with E-state index in [0.717, 1.165) is 10.5 Å². The van der Waals surface area contributed by atoms with E-state index >= 15 is 0 Å². The molecule has 8 nitrogen and oxygen atoms in total. The minimum atomic E-state index is -4.09. The molecule has 2 atom stereocenters. The van der Waals surface area contributed by atoms with E-state index in [1.165, 1.54) is 17.0 Å². The summed E-state index contributed by atoms with van der Waals surface area (Å²) in [6.07, 6.45) is 0.761. The van der Waals surface area contributed by atoms with Crippen molar-refractivity contribution in [2.24, 2.45) is 11.7 Å². The van der Waals surface area contributed by atoms with Crippen LogP contribution in [0.1, 0.15) is 32.3 Å². The fraction of sp³-hybridized carbons (Fsp3) is 0.462. The monoisotopic (exact) mass is 501 g/mol. The van der Waals surface area contributed by atoms with Crippen molar-refractivity contribution in [1.82, 2.24) is 9.80 Å². The molecule has 0 aromatic heterocycles. The number of nitrogens with two attached hydrogens (primary N) is 1. The molecule has 1 heterocycles. The predicted molar refractivity (Wildman–Crippen MR) is 134 cm³/mol. The van der Waals surface area contributed by atoms with Gasteiger partial charge in [0.2, 0.25) is 5.91 Å². The summed E-state index contributed by atoms with van der Waals surface area (Å²) < 4.78 is 33.2. The van der Waals surface area contributed by atoms with Gasteiger partial charge in [0, 0.05) is 13.1 Å². The largest absolute Gasteiger partial charge is 0.378 e. The average molecular weight is 502 g/mol. The maximum Gasteiger partial charge on any atom is 0.328 e. The standard InChI is InChI=1S/C26H35N3O5S/c1-20(2)19-23(27)25(30)29(26(31)28-15-17-34-18-16-28)24(14-13-21-9-5-3-6-10-21)35(32,33)22-11-7-4-8-12-22/h3-12,20,23-24H,13-19,27H2,1-2H3/t23-,24?/m0/s1. The number of hydrogen-bond acceptors (Lipinski definition) is 6. The van der Waals surface area contributed by atoms with Crippen LogP contribution in [-0.2, 0) is 25.8 Å². The summed E-state index contributed by atoms with van der Waals surface area (Å²) in [5, 5.41) is -1.40. The van der Waals surface area contributed by atoms with E-state index in [1.807, 2.05) is 44.2 Å². The molecule has 9 heteroatoms. The molecular weight excluding hydrogens is 466 g/mol. The zero-order valence-electron chi connectivity index (χ0n) is 20.4. The van der Waals surface area contributed by atoms with Crippen molar-refractivity contribution < 1.29 is 22.7 Å². The molecule has 1 aliphatic heterocycles. The minimum Gasteiger partial charge on any atom is -0.378 e. The van der Waals surface area contributed by atoms with Crippen LogP contribution in [0.4, 0.5) is 4.79 Å². The molecule has 1 aliphatic rings. The van der Waals surface area contributed by atoms with E-state index in [9.17, 15) is 18.0 Å². The Balaban J connectivity index is 2.05. The molecule has 0 saturated carbocycles. The first-order chi connectivity index (χ1) is 16.7. The van der Waals surface area contributed by atoms with Gasteiger partial charge in [-0.1, -0.05) is 62.4 Å². The van der Waals surface area contributed by atoms with Crippen LogP contribution in [0.3, 0.4) is 0 Å². The molecule has 2 N–H and O–H groups in total. The van der Waals surface area contributed by atoms with Crippen LogP contribution in [0.5, 0.6) is 0 Å². The number of benzene rings is 2. The highest BCUT2D eigenvalue weighted by atomic mass is 32.2. The number of carbonyl (C=O) groups is 2. The fourth-order valence-electron chi connectivity index (χ4n) is 4.18. The van der Waals surface area contributed by atoms with E-state index in [-0.39, 0.29) is 30.3 Å². The number of imide groups is 1. The number of carbonyl (C=O) groups excluding carboxylic acids is 2. The Morgan fingerprint density at radius 2 is 1.57 bits per heavy atom. The summed E-state index contributed by atoms with van der Waals surface area (Å²) in [7, 11) is -4.09.